The molecule has 0 aliphatic carbocycles. The topological polar surface area (TPSA) is 113 Å². The van der Waals surface area contributed by atoms with E-state index in [1.807, 2.05) is 0 Å². The van der Waals surface area contributed by atoms with Gasteiger partial charge < -0.3 is 25.8 Å². The summed E-state index contributed by atoms with van der Waals surface area (Å²) >= 11 is 0. The van der Waals surface area contributed by atoms with E-state index < -0.39 is 35.4 Å². The molecule has 2 atom stereocenters. The summed E-state index contributed by atoms with van der Waals surface area (Å²) in [6.45, 7) is 1.51. The lowest BCUT2D eigenvalue weighted by Gasteiger charge is -2.17. The molecule has 1 unspecified atom stereocenters. The van der Waals surface area contributed by atoms with Gasteiger partial charge in [-0.05, 0) is 19.1 Å². The maximum Gasteiger partial charge on any atom is 0.342 e. The van der Waals surface area contributed by atoms with Crippen LogP contribution < -0.4 is 5.73 Å². The fourth-order valence-electron chi connectivity index (χ4n) is 1.38. The highest BCUT2D eigenvalue weighted by molar-refractivity contribution is 5.76. The first-order chi connectivity index (χ1) is 8.40. The summed E-state index contributed by atoms with van der Waals surface area (Å²) in [6, 6.07) is 0.638. The first-order valence-corrected chi connectivity index (χ1v) is 5.20. The van der Waals surface area contributed by atoms with Crippen molar-refractivity contribution in [3.8, 4) is 17.2 Å². The van der Waals surface area contributed by atoms with Gasteiger partial charge in [-0.1, -0.05) is 0 Å². The molecule has 6 nitrogen and oxygen atoms in total. The molecule has 0 bridgehead atoms. The Balaban J connectivity index is 3.00. The lowest BCUT2D eigenvalue weighted by atomic mass is 10.0. The smallest absolute Gasteiger partial charge is 0.342 e. The van der Waals surface area contributed by atoms with E-state index in [1.54, 1.807) is 0 Å². The van der Waals surface area contributed by atoms with Crippen LogP contribution in [0.15, 0.2) is 12.1 Å². The molecule has 0 radical (unpaired) electrons. The summed E-state index contributed by atoms with van der Waals surface area (Å²) in [5.74, 6) is -3.32. The van der Waals surface area contributed by atoms with E-state index in [2.05, 4.69) is 4.74 Å². The third-order valence-corrected chi connectivity index (χ3v) is 2.35. The van der Waals surface area contributed by atoms with Crippen LogP contribution in [0.25, 0.3) is 0 Å². The lowest BCUT2D eigenvalue weighted by Crippen LogP contribution is -2.31. The van der Waals surface area contributed by atoms with E-state index >= 15 is 0 Å². The van der Waals surface area contributed by atoms with Gasteiger partial charge in [-0.2, -0.15) is 0 Å². The maximum absolute atomic E-state index is 13.6. The molecule has 0 aromatic heterocycles. The van der Waals surface area contributed by atoms with Crippen molar-refractivity contribution in [1.29, 1.82) is 0 Å². The summed E-state index contributed by atoms with van der Waals surface area (Å²) in [5.41, 5.74) is 5.26. The third-order valence-electron chi connectivity index (χ3n) is 2.35. The van der Waals surface area contributed by atoms with Crippen molar-refractivity contribution >= 4 is 5.97 Å². The molecule has 18 heavy (non-hydrogen) atoms. The third kappa shape index (κ3) is 2.62. The van der Waals surface area contributed by atoms with Gasteiger partial charge in [0.2, 0.25) is 11.9 Å². The Morgan fingerprint density at radius 1 is 1.39 bits per heavy atom. The van der Waals surface area contributed by atoms with E-state index in [9.17, 15) is 19.4 Å². The molecule has 0 saturated heterocycles. The number of phenolic OH excluding ortho intramolecular Hbond substituents is 3. The molecule has 1 aromatic carbocycles. The molecule has 1 rings (SSSR count). The van der Waals surface area contributed by atoms with E-state index in [4.69, 9.17) is 10.8 Å². The highest BCUT2D eigenvalue weighted by Gasteiger charge is 2.30. The fraction of sp³-hybridized carbons (Fsp3) is 0.364. The molecule has 0 fully saturated rings. The van der Waals surface area contributed by atoms with Crippen LogP contribution >= 0.6 is 0 Å². The average molecular weight is 259 g/mol. The molecular formula is C11H14FNO5. The number of nitrogens with two attached hydrogens (primary N) is 1. The Labute approximate surface area is 102 Å². The first kappa shape index (κ1) is 14.0. The molecule has 5 N–H and O–H groups in total. The van der Waals surface area contributed by atoms with Crippen LogP contribution in [0, 0.1) is 0 Å². The predicted molar refractivity (Wildman–Crippen MR) is 59.9 cm³/mol. The normalized spacial score (nSPS) is 13.9. The molecular weight excluding hydrogens is 245 g/mol. The van der Waals surface area contributed by atoms with Crippen molar-refractivity contribution in [3.63, 3.8) is 0 Å². The van der Waals surface area contributed by atoms with E-state index in [0.29, 0.717) is 0 Å². The Morgan fingerprint density at radius 2 is 2.00 bits per heavy atom. The van der Waals surface area contributed by atoms with Crippen LogP contribution in [-0.4, -0.2) is 34.1 Å². The number of carbonyl (C=O) groups is 1. The van der Waals surface area contributed by atoms with Gasteiger partial charge in [0.1, 0.15) is 0 Å². The number of rotatable bonds is 4. The van der Waals surface area contributed by atoms with Crippen LogP contribution in [-0.2, 0) is 9.53 Å². The predicted octanol–water partition coefficient (Wildman–Crippen LogP) is 0.704. The van der Waals surface area contributed by atoms with Crippen molar-refractivity contribution in [1.82, 2.24) is 0 Å². The summed E-state index contributed by atoms with van der Waals surface area (Å²) in [4.78, 5) is 11.2. The zero-order chi connectivity index (χ0) is 13.9. The second-order valence-electron chi connectivity index (χ2n) is 3.55. The number of hydrogen-bond acceptors (Lipinski definition) is 6. The second kappa shape index (κ2) is 5.54. The first-order valence-electron chi connectivity index (χ1n) is 5.20. The largest absolute Gasteiger partial charge is 0.504 e. The summed E-state index contributed by atoms with van der Waals surface area (Å²) < 4.78 is 18.1. The number of halogens is 1. The van der Waals surface area contributed by atoms with E-state index in [-0.39, 0.29) is 12.2 Å². The summed E-state index contributed by atoms with van der Waals surface area (Å²) in [7, 11) is 0. The van der Waals surface area contributed by atoms with Crippen LogP contribution in [0.4, 0.5) is 4.39 Å². The number of alkyl halides is 1. The van der Waals surface area contributed by atoms with E-state index in [0.717, 1.165) is 12.1 Å². The molecule has 1 aromatic rings. The SMILES string of the molecule is CCOC(=O)C(F)[C@@H](N)c1ccc(O)c(O)c1O. The highest BCUT2D eigenvalue weighted by atomic mass is 19.1. The van der Waals surface area contributed by atoms with Gasteiger partial charge in [0.25, 0.3) is 0 Å². The molecule has 0 aliphatic heterocycles. The van der Waals surface area contributed by atoms with Gasteiger partial charge >= 0.3 is 5.97 Å². The van der Waals surface area contributed by atoms with Crippen molar-refractivity contribution in [2.75, 3.05) is 6.61 Å². The number of phenols is 3. The molecule has 0 spiro atoms. The van der Waals surface area contributed by atoms with E-state index in [1.165, 1.54) is 6.92 Å². The zero-order valence-electron chi connectivity index (χ0n) is 9.63. The Morgan fingerprint density at radius 3 is 2.56 bits per heavy atom. The van der Waals surface area contributed by atoms with Crippen LogP contribution in [0.1, 0.15) is 18.5 Å². The zero-order valence-corrected chi connectivity index (χ0v) is 9.63. The van der Waals surface area contributed by atoms with Gasteiger partial charge in [0.05, 0.1) is 12.6 Å². The molecule has 0 saturated carbocycles. The Bertz CT molecular complexity index is 451. The summed E-state index contributed by atoms with van der Waals surface area (Å²) in [5, 5.41) is 27.9. The minimum Gasteiger partial charge on any atom is -0.504 e. The summed E-state index contributed by atoms with van der Waals surface area (Å²) in [6.07, 6.45) is -2.18. The van der Waals surface area contributed by atoms with Crippen molar-refractivity contribution in [3.05, 3.63) is 17.7 Å². The van der Waals surface area contributed by atoms with Gasteiger partial charge in [0.15, 0.2) is 11.5 Å². The number of ether oxygens (including phenoxy) is 1. The quantitative estimate of drug-likeness (QED) is 0.467. The molecule has 100 valence electrons. The van der Waals surface area contributed by atoms with Gasteiger partial charge in [-0.25, -0.2) is 9.18 Å². The number of hydrogen-bond donors (Lipinski definition) is 4. The van der Waals surface area contributed by atoms with Crippen LogP contribution in [0.2, 0.25) is 0 Å². The van der Waals surface area contributed by atoms with Crippen LogP contribution in [0.3, 0.4) is 0 Å². The molecule has 0 heterocycles. The van der Waals surface area contributed by atoms with Crippen molar-refractivity contribution < 1.29 is 29.2 Å². The number of esters is 1. The number of aromatic hydroxyl groups is 3. The van der Waals surface area contributed by atoms with Crippen molar-refractivity contribution in [2.24, 2.45) is 5.73 Å². The standard InChI is InChI=1S/C11H14FNO5/c1-2-18-11(17)7(12)8(13)5-3-4-6(14)10(16)9(5)15/h3-4,7-8,14-16H,2,13H2,1H3/t7?,8-/m0/s1. The van der Waals surface area contributed by atoms with Gasteiger partial charge in [-0.3, -0.25) is 0 Å². The lowest BCUT2D eigenvalue weighted by molar-refractivity contribution is -0.149. The minimum absolute atomic E-state index is 0.00121. The minimum atomic E-state index is -2.18. The monoisotopic (exact) mass is 259 g/mol. The van der Waals surface area contributed by atoms with Gasteiger partial charge in [-0.15, -0.1) is 0 Å². The fourth-order valence-corrected chi connectivity index (χ4v) is 1.38. The molecule has 0 amide bonds. The number of benzene rings is 1. The molecule has 0 aliphatic rings. The van der Waals surface area contributed by atoms with Gasteiger partial charge in [0, 0.05) is 5.56 Å². The Kier molecular flexibility index (Phi) is 4.33. The molecule has 7 heteroatoms. The Hall–Kier alpha value is -2.02. The maximum atomic E-state index is 13.6. The number of carbonyl (C=O) groups excluding carboxylic acids is 1. The average Bonchev–Trinajstić information content (AvgIpc) is 2.35. The van der Waals surface area contributed by atoms with Crippen LogP contribution in [0.5, 0.6) is 17.2 Å². The second-order valence-corrected chi connectivity index (χ2v) is 3.55. The van der Waals surface area contributed by atoms with Crippen molar-refractivity contribution in [2.45, 2.75) is 19.1 Å². The highest BCUT2D eigenvalue weighted by Crippen LogP contribution is 2.40.